The summed E-state index contributed by atoms with van der Waals surface area (Å²) in [5, 5.41) is -7.03. The molecule has 0 amide bonds. The Labute approximate surface area is 206 Å². The van der Waals surface area contributed by atoms with Gasteiger partial charge in [-0.2, -0.15) is 47.9 Å². The second-order valence-electron chi connectivity index (χ2n) is 8.62. The number of benzene rings is 1. The van der Waals surface area contributed by atoms with Gasteiger partial charge in [-0.25, -0.2) is 4.98 Å². The van der Waals surface area contributed by atoms with E-state index in [-0.39, 0.29) is 11.4 Å². The van der Waals surface area contributed by atoms with Crippen LogP contribution >= 0.6 is 0 Å². The normalized spacial score (nSPS) is 14.2. The van der Waals surface area contributed by atoms with Gasteiger partial charge in [0.15, 0.2) is 11.5 Å². The quantitative estimate of drug-likeness (QED) is 0.264. The monoisotopic (exact) mass is 565 g/mol. The van der Waals surface area contributed by atoms with Crippen molar-refractivity contribution in [1.29, 1.82) is 0 Å². The fraction of sp³-hybridized carbons (Fsp3) is 0.409. The fourth-order valence-corrected chi connectivity index (χ4v) is 3.72. The molecule has 0 radical (unpaired) electrons. The summed E-state index contributed by atoms with van der Waals surface area (Å²) in [4.78, 5) is 4.21. The molecule has 0 unspecified atom stereocenters. The molecule has 2 rings (SSSR count). The number of aromatic nitrogens is 1. The molecule has 2 aromatic rings. The molecule has 0 saturated heterocycles. The van der Waals surface area contributed by atoms with Gasteiger partial charge in [-0.05, 0) is 11.6 Å². The van der Waals surface area contributed by atoms with Crippen molar-refractivity contribution in [3.63, 3.8) is 0 Å². The summed E-state index contributed by atoms with van der Waals surface area (Å²) in [5.41, 5.74) is -0.714. The minimum atomic E-state index is -7.44. The molecule has 1 heterocycles. The van der Waals surface area contributed by atoms with Crippen molar-refractivity contribution in [2.75, 3.05) is 7.11 Å². The van der Waals surface area contributed by atoms with Gasteiger partial charge < -0.3 is 8.92 Å². The van der Waals surface area contributed by atoms with Gasteiger partial charge in [0.05, 0.1) is 18.5 Å². The Hall–Kier alpha value is -2.97. The van der Waals surface area contributed by atoms with E-state index in [1.807, 2.05) is 0 Å². The average Bonchev–Trinajstić information content (AvgIpc) is 2.76. The third-order valence-corrected chi connectivity index (χ3v) is 6.03. The highest BCUT2D eigenvalue weighted by Gasteiger charge is 2.86. The van der Waals surface area contributed by atoms with Gasteiger partial charge in [0, 0.05) is 11.5 Å². The smallest absolute Gasteiger partial charge is 0.460 e. The summed E-state index contributed by atoms with van der Waals surface area (Å²) in [6, 6.07) is 8.99. The van der Waals surface area contributed by atoms with Crippen molar-refractivity contribution in [2.45, 2.75) is 49.5 Å². The number of methoxy groups -OCH3 is 1. The topological polar surface area (TPSA) is 65.5 Å². The molecule has 0 aliphatic heterocycles. The minimum absolute atomic E-state index is 0.133. The second-order valence-corrected chi connectivity index (χ2v) is 10.2. The van der Waals surface area contributed by atoms with Crippen LogP contribution in [-0.4, -0.2) is 43.8 Å². The van der Waals surface area contributed by atoms with Gasteiger partial charge in [-0.3, -0.25) is 0 Å². The third-order valence-electron chi connectivity index (χ3n) is 4.75. The van der Waals surface area contributed by atoms with E-state index in [9.17, 15) is 47.9 Å². The molecule has 0 saturated carbocycles. The molecule has 0 aliphatic rings. The summed E-state index contributed by atoms with van der Waals surface area (Å²) in [6.07, 6.45) is -4.50. The third kappa shape index (κ3) is 5.65. The lowest BCUT2D eigenvalue weighted by Gasteiger charge is -2.32. The maximum absolute atomic E-state index is 14.2. The first-order chi connectivity index (χ1) is 16.6. The van der Waals surface area contributed by atoms with Crippen molar-refractivity contribution in [3.05, 3.63) is 53.3 Å². The van der Waals surface area contributed by atoms with E-state index < -0.39 is 50.3 Å². The van der Waals surface area contributed by atoms with Crippen LogP contribution < -0.4 is 8.92 Å². The predicted molar refractivity (Wildman–Crippen MR) is 115 cm³/mol. The zero-order valence-electron chi connectivity index (χ0n) is 19.5. The summed E-state index contributed by atoms with van der Waals surface area (Å²) in [6.45, 7) is 4.56. The molecule has 0 bridgehead atoms. The second kappa shape index (κ2) is 9.72. The maximum Gasteiger partial charge on any atom is 0.460 e. The molecule has 0 N–H and O–H groups in total. The zero-order valence-corrected chi connectivity index (χ0v) is 20.3. The van der Waals surface area contributed by atoms with Gasteiger partial charge in [-0.15, -0.1) is 0 Å². The van der Waals surface area contributed by atoms with Crippen molar-refractivity contribution in [2.24, 2.45) is 0 Å². The fourth-order valence-electron chi connectivity index (χ4n) is 2.82. The number of hydrogen-bond donors (Lipinski definition) is 0. The first-order valence-corrected chi connectivity index (χ1v) is 11.5. The predicted octanol–water partition coefficient (Wildman–Crippen LogP) is 6.69. The van der Waals surface area contributed by atoms with Crippen molar-refractivity contribution in [1.82, 2.24) is 4.98 Å². The lowest BCUT2D eigenvalue weighted by atomic mass is 9.90. The van der Waals surface area contributed by atoms with Crippen molar-refractivity contribution >= 4 is 22.3 Å². The molecule has 0 fully saturated rings. The average molecular weight is 565 g/mol. The van der Waals surface area contributed by atoms with E-state index in [2.05, 4.69) is 9.17 Å². The van der Waals surface area contributed by atoms with Crippen LogP contribution in [0.5, 0.6) is 11.5 Å². The number of halogens is 9. The van der Waals surface area contributed by atoms with Gasteiger partial charge in [0.2, 0.25) is 0 Å². The standard InChI is InChI=1S/C22H20F9NO4S/c1-18(2,3)17-16(35-4)15(12-14(32-17)11-10-13-8-6-5-7-9-13)36-37(33,34)22(30,31)20(25,26)19(23,24)21(27,28)29/h5-12H,1-4H3/b11-10+. The van der Waals surface area contributed by atoms with Crippen LogP contribution in [0.3, 0.4) is 0 Å². The molecule has 15 heteroatoms. The van der Waals surface area contributed by atoms with E-state index in [4.69, 9.17) is 4.74 Å². The molecular formula is C22H20F9NO4S. The number of pyridine rings is 1. The zero-order chi connectivity index (χ0) is 28.7. The number of nitrogens with zero attached hydrogens (tertiary/aromatic N) is 1. The number of alkyl halides is 9. The first-order valence-electron chi connectivity index (χ1n) is 10.1. The van der Waals surface area contributed by atoms with Gasteiger partial charge in [-0.1, -0.05) is 57.2 Å². The minimum Gasteiger partial charge on any atom is -0.491 e. The Morgan fingerprint density at radius 2 is 1.38 bits per heavy atom. The largest absolute Gasteiger partial charge is 0.491 e. The van der Waals surface area contributed by atoms with Crippen LogP contribution in [0.25, 0.3) is 12.2 Å². The molecule has 5 nitrogen and oxygen atoms in total. The molecule has 1 aromatic carbocycles. The van der Waals surface area contributed by atoms with Crippen LogP contribution in [0.2, 0.25) is 0 Å². The lowest BCUT2D eigenvalue weighted by Crippen LogP contribution is -2.63. The SMILES string of the molecule is COc1c(OS(=O)(=O)C(F)(F)C(F)(F)C(F)(F)C(F)(F)F)cc(/C=C/c2ccccc2)nc1C(C)(C)C. The Bertz CT molecular complexity index is 1250. The van der Waals surface area contributed by atoms with Crippen LogP contribution in [0.1, 0.15) is 37.7 Å². The Balaban J connectivity index is 2.68. The molecule has 1 aromatic heterocycles. The highest BCUT2D eigenvalue weighted by molar-refractivity contribution is 7.88. The van der Waals surface area contributed by atoms with E-state index in [1.165, 1.54) is 32.9 Å². The molecule has 206 valence electrons. The van der Waals surface area contributed by atoms with Crippen LogP contribution in [0.4, 0.5) is 39.5 Å². The first kappa shape index (κ1) is 30.3. The van der Waals surface area contributed by atoms with E-state index in [0.717, 1.165) is 7.11 Å². The van der Waals surface area contributed by atoms with E-state index in [0.29, 0.717) is 11.6 Å². The van der Waals surface area contributed by atoms with Gasteiger partial charge in [0.1, 0.15) is 0 Å². The van der Waals surface area contributed by atoms with E-state index in [1.54, 1.807) is 30.3 Å². The molecule has 37 heavy (non-hydrogen) atoms. The Morgan fingerprint density at radius 3 is 1.84 bits per heavy atom. The lowest BCUT2D eigenvalue weighted by molar-refractivity contribution is -0.382. The van der Waals surface area contributed by atoms with Gasteiger partial charge >= 0.3 is 33.4 Å². The summed E-state index contributed by atoms with van der Waals surface area (Å²) < 4.78 is 153. The van der Waals surface area contributed by atoms with Crippen molar-refractivity contribution < 1.29 is 56.9 Å². The Morgan fingerprint density at radius 1 is 0.838 bits per heavy atom. The van der Waals surface area contributed by atoms with Crippen LogP contribution in [0, 0.1) is 0 Å². The van der Waals surface area contributed by atoms with Crippen molar-refractivity contribution in [3.8, 4) is 11.5 Å². The molecule has 0 aliphatic carbocycles. The molecular weight excluding hydrogens is 545 g/mol. The number of hydrogen-bond acceptors (Lipinski definition) is 5. The Kier molecular flexibility index (Phi) is 7.95. The highest BCUT2D eigenvalue weighted by Crippen LogP contribution is 2.55. The summed E-state index contributed by atoms with van der Waals surface area (Å²) >= 11 is 0. The van der Waals surface area contributed by atoms with Crippen LogP contribution in [0.15, 0.2) is 36.4 Å². The summed E-state index contributed by atoms with van der Waals surface area (Å²) in [7, 11) is -6.28. The van der Waals surface area contributed by atoms with E-state index >= 15 is 0 Å². The van der Waals surface area contributed by atoms with Gasteiger partial charge in [0.25, 0.3) is 0 Å². The molecule has 0 atom stereocenters. The summed E-state index contributed by atoms with van der Waals surface area (Å²) in [5.74, 6) is -16.7. The maximum atomic E-state index is 14.2. The number of ether oxygens (including phenoxy) is 1. The number of rotatable bonds is 8. The molecule has 0 spiro atoms. The van der Waals surface area contributed by atoms with Crippen LogP contribution in [-0.2, 0) is 15.5 Å². The highest BCUT2D eigenvalue weighted by atomic mass is 32.2.